The zero-order valence-electron chi connectivity index (χ0n) is 15.7. The summed E-state index contributed by atoms with van der Waals surface area (Å²) in [5.74, 6) is 0.911. The maximum atomic E-state index is 6.28. The molecule has 0 amide bonds. The van der Waals surface area contributed by atoms with Gasteiger partial charge in [-0.05, 0) is 35.7 Å². The summed E-state index contributed by atoms with van der Waals surface area (Å²) in [6, 6.07) is 33.3. The predicted octanol–water partition coefficient (Wildman–Crippen LogP) is 6.56. The van der Waals surface area contributed by atoms with Crippen LogP contribution in [0, 0.1) is 0 Å². The third-order valence-electron chi connectivity index (χ3n) is 5.49. The zero-order chi connectivity index (χ0) is 19.2. The Morgan fingerprint density at radius 3 is 2.48 bits per heavy atom. The molecular weight excluding hydrogens is 356 g/mol. The first-order valence-electron chi connectivity index (χ1n) is 9.76. The highest BCUT2D eigenvalue weighted by atomic mass is 16.5. The summed E-state index contributed by atoms with van der Waals surface area (Å²) in [6.07, 6.45) is -0.154. The number of anilines is 1. The summed E-state index contributed by atoms with van der Waals surface area (Å²) in [4.78, 5) is 4.83. The first kappa shape index (κ1) is 16.1. The number of ether oxygens (including phenoxy) is 1. The van der Waals surface area contributed by atoms with E-state index >= 15 is 0 Å². The van der Waals surface area contributed by atoms with E-state index in [1.54, 1.807) is 0 Å². The second kappa shape index (κ2) is 6.35. The van der Waals surface area contributed by atoms with Gasteiger partial charge in [0.2, 0.25) is 0 Å². The van der Waals surface area contributed by atoms with Crippen LogP contribution in [0.4, 0.5) is 5.69 Å². The summed E-state index contributed by atoms with van der Waals surface area (Å²) >= 11 is 0. The summed E-state index contributed by atoms with van der Waals surface area (Å²) in [5.41, 5.74) is 5.25. The molecule has 0 saturated heterocycles. The molecule has 0 aliphatic carbocycles. The number of hydrogen-bond acceptors (Lipinski definition) is 3. The van der Waals surface area contributed by atoms with E-state index < -0.39 is 0 Å². The molecule has 1 aliphatic rings. The number of fused-ring (bicyclic) bond motifs is 4. The summed E-state index contributed by atoms with van der Waals surface area (Å²) < 4.78 is 6.28. The van der Waals surface area contributed by atoms with Crippen LogP contribution in [0.1, 0.15) is 11.8 Å². The van der Waals surface area contributed by atoms with E-state index in [0.717, 1.165) is 49.9 Å². The lowest BCUT2D eigenvalue weighted by atomic mass is 10.0. The second-order valence-corrected chi connectivity index (χ2v) is 7.32. The average Bonchev–Trinajstić information content (AvgIpc) is 3.24. The highest BCUT2D eigenvalue weighted by Crippen LogP contribution is 2.43. The minimum atomic E-state index is -0.154. The summed E-state index contributed by atoms with van der Waals surface area (Å²) in [5, 5.41) is 6.88. The van der Waals surface area contributed by atoms with Gasteiger partial charge in [0.25, 0.3) is 0 Å². The topological polar surface area (TPSA) is 34.2 Å². The molecule has 0 bridgehead atoms. The van der Waals surface area contributed by atoms with Crippen molar-refractivity contribution in [1.29, 1.82) is 0 Å². The SMILES string of the molecule is c1ccc(C2Nc3ccc4cc(-c5ccc6ccccc6n5)ccc4c3O2)cc1. The zero-order valence-corrected chi connectivity index (χ0v) is 15.7. The van der Waals surface area contributed by atoms with Crippen molar-refractivity contribution >= 4 is 27.4 Å². The van der Waals surface area contributed by atoms with Gasteiger partial charge in [0.1, 0.15) is 0 Å². The van der Waals surface area contributed by atoms with Crippen LogP contribution in [0.5, 0.6) is 5.75 Å². The lowest BCUT2D eigenvalue weighted by molar-refractivity contribution is 0.262. The average molecular weight is 374 g/mol. The van der Waals surface area contributed by atoms with Crippen LogP contribution in [0.2, 0.25) is 0 Å². The van der Waals surface area contributed by atoms with E-state index in [1.807, 2.05) is 30.3 Å². The standard InChI is InChI=1S/C26H18N2O/c1-2-7-18(8-3-1)26-28-24-15-12-19-16-20(10-13-21(19)25(24)29-26)23-14-11-17-6-4-5-9-22(17)27-23/h1-16,26,28H. The molecule has 1 aromatic heterocycles. The smallest absolute Gasteiger partial charge is 0.196 e. The molecule has 0 saturated carbocycles. The van der Waals surface area contributed by atoms with Crippen molar-refractivity contribution in [3.8, 4) is 17.0 Å². The van der Waals surface area contributed by atoms with Crippen molar-refractivity contribution in [3.63, 3.8) is 0 Å². The molecular formula is C26H18N2O. The number of rotatable bonds is 2. The van der Waals surface area contributed by atoms with E-state index in [0.29, 0.717) is 0 Å². The molecule has 0 spiro atoms. The van der Waals surface area contributed by atoms with Crippen molar-refractivity contribution in [1.82, 2.24) is 4.98 Å². The Hall–Kier alpha value is -3.85. The highest BCUT2D eigenvalue weighted by Gasteiger charge is 2.25. The number of hydrogen-bond donors (Lipinski definition) is 1. The Bertz CT molecular complexity index is 1360. The molecule has 1 N–H and O–H groups in total. The third kappa shape index (κ3) is 2.71. The lowest BCUT2D eigenvalue weighted by Crippen LogP contribution is -2.09. The Labute approximate surface area is 168 Å². The Morgan fingerprint density at radius 1 is 0.724 bits per heavy atom. The fraction of sp³-hybridized carbons (Fsp3) is 0.0385. The van der Waals surface area contributed by atoms with Gasteiger partial charge in [-0.2, -0.15) is 0 Å². The maximum Gasteiger partial charge on any atom is 0.196 e. The molecule has 1 unspecified atom stereocenters. The van der Waals surface area contributed by atoms with Crippen LogP contribution in [0.15, 0.2) is 97.1 Å². The minimum Gasteiger partial charge on any atom is -0.464 e. The number of nitrogens with zero attached hydrogens (tertiary/aromatic N) is 1. The third-order valence-corrected chi connectivity index (χ3v) is 5.49. The predicted molar refractivity (Wildman–Crippen MR) is 118 cm³/mol. The van der Waals surface area contributed by atoms with Crippen molar-refractivity contribution < 1.29 is 4.74 Å². The van der Waals surface area contributed by atoms with Crippen molar-refractivity contribution in [2.45, 2.75) is 6.23 Å². The molecule has 29 heavy (non-hydrogen) atoms. The maximum absolute atomic E-state index is 6.28. The number of para-hydroxylation sites is 1. The van der Waals surface area contributed by atoms with E-state index in [-0.39, 0.29) is 6.23 Å². The Morgan fingerprint density at radius 2 is 1.55 bits per heavy atom. The molecule has 3 heteroatoms. The molecule has 2 heterocycles. The summed E-state index contributed by atoms with van der Waals surface area (Å²) in [6.45, 7) is 0. The first-order chi connectivity index (χ1) is 14.3. The fourth-order valence-corrected chi connectivity index (χ4v) is 4.00. The quantitative estimate of drug-likeness (QED) is 0.380. The van der Waals surface area contributed by atoms with Gasteiger partial charge >= 0.3 is 0 Å². The molecule has 0 fully saturated rings. The van der Waals surface area contributed by atoms with Crippen molar-refractivity contribution in [3.05, 3.63) is 103 Å². The van der Waals surface area contributed by atoms with Crippen molar-refractivity contribution in [2.24, 2.45) is 0 Å². The van der Waals surface area contributed by atoms with Gasteiger partial charge in [-0.15, -0.1) is 0 Å². The summed E-state index contributed by atoms with van der Waals surface area (Å²) in [7, 11) is 0. The minimum absolute atomic E-state index is 0.154. The fourth-order valence-electron chi connectivity index (χ4n) is 4.00. The Balaban J connectivity index is 1.40. The number of nitrogens with one attached hydrogen (secondary N) is 1. The molecule has 138 valence electrons. The van der Waals surface area contributed by atoms with E-state index in [1.165, 1.54) is 0 Å². The van der Waals surface area contributed by atoms with Gasteiger partial charge in [0.05, 0.1) is 16.9 Å². The monoisotopic (exact) mass is 374 g/mol. The normalized spacial score (nSPS) is 15.1. The molecule has 6 rings (SSSR count). The van der Waals surface area contributed by atoms with Crippen molar-refractivity contribution in [2.75, 3.05) is 5.32 Å². The molecule has 4 aromatic carbocycles. The second-order valence-electron chi connectivity index (χ2n) is 7.32. The van der Waals surface area contributed by atoms with Gasteiger partial charge in [0, 0.05) is 21.9 Å². The molecule has 1 atom stereocenters. The number of pyridine rings is 1. The number of benzene rings is 4. The van der Waals surface area contributed by atoms with Crippen LogP contribution in [-0.2, 0) is 0 Å². The van der Waals surface area contributed by atoms with Gasteiger partial charge in [-0.3, -0.25) is 0 Å². The number of aromatic nitrogens is 1. The van der Waals surface area contributed by atoms with Crippen LogP contribution in [0.25, 0.3) is 32.9 Å². The largest absolute Gasteiger partial charge is 0.464 e. The highest BCUT2D eigenvalue weighted by molar-refractivity contribution is 5.97. The van der Waals surface area contributed by atoms with E-state index in [4.69, 9.17) is 9.72 Å². The van der Waals surface area contributed by atoms with Gasteiger partial charge in [0.15, 0.2) is 12.0 Å². The first-order valence-corrected chi connectivity index (χ1v) is 9.76. The van der Waals surface area contributed by atoms with E-state index in [2.05, 4.69) is 72.0 Å². The van der Waals surface area contributed by atoms with Crippen LogP contribution < -0.4 is 10.1 Å². The van der Waals surface area contributed by atoms with Gasteiger partial charge in [-0.25, -0.2) is 4.98 Å². The van der Waals surface area contributed by atoms with Gasteiger partial charge < -0.3 is 10.1 Å². The lowest BCUT2D eigenvalue weighted by Gasteiger charge is -2.11. The van der Waals surface area contributed by atoms with Crippen LogP contribution in [-0.4, -0.2) is 4.98 Å². The molecule has 5 aromatic rings. The molecule has 1 aliphatic heterocycles. The van der Waals surface area contributed by atoms with Crippen LogP contribution >= 0.6 is 0 Å². The Kier molecular flexibility index (Phi) is 3.53. The van der Waals surface area contributed by atoms with Gasteiger partial charge in [-0.1, -0.05) is 66.7 Å². The van der Waals surface area contributed by atoms with E-state index in [9.17, 15) is 0 Å². The van der Waals surface area contributed by atoms with Crippen LogP contribution in [0.3, 0.4) is 0 Å². The molecule has 3 nitrogen and oxygen atoms in total. The molecule has 0 radical (unpaired) electrons.